The maximum Gasteiger partial charge on any atom is 0.305 e. The second-order valence-electron chi connectivity index (χ2n) is 7.85. The van der Waals surface area contributed by atoms with E-state index in [4.69, 9.17) is 9.47 Å². The number of ketones is 1. The quantitative estimate of drug-likeness (QED) is 0.427. The molecule has 0 saturated carbocycles. The normalized spacial score (nSPS) is 29.8. The highest BCUT2D eigenvalue weighted by Crippen LogP contribution is 2.47. The molecule has 1 aliphatic carbocycles. The molecular weight excluding hydrogens is 408 g/mol. The number of benzene rings is 2. The molecule has 164 valence electrons. The van der Waals surface area contributed by atoms with Crippen LogP contribution in [0.25, 0.3) is 0 Å². The third-order valence-electron chi connectivity index (χ3n) is 5.71. The number of carbonyl (C=O) groups excluding carboxylic acids is 2. The molecule has 9 heteroatoms. The maximum atomic E-state index is 13.1. The van der Waals surface area contributed by atoms with Crippen LogP contribution < -0.4 is 0 Å². The molecule has 9 nitrogen and oxygen atoms in total. The van der Waals surface area contributed by atoms with Crippen molar-refractivity contribution in [1.82, 2.24) is 0 Å². The number of esters is 1. The number of aromatic hydroxyl groups is 2. The Labute approximate surface area is 177 Å². The van der Waals surface area contributed by atoms with E-state index in [0.717, 1.165) is 6.92 Å². The van der Waals surface area contributed by atoms with E-state index in [-0.39, 0.29) is 22.6 Å². The minimum absolute atomic E-state index is 0.0648. The summed E-state index contributed by atoms with van der Waals surface area (Å²) in [7, 11) is 0. The molecule has 0 spiro atoms. The van der Waals surface area contributed by atoms with Gasteiger partial charge in [0.15, 0.2) is 0 Å². The van der Waals surface area contributed by atoms with E-state index in [2.05, 4.69) is 0 Å². The Morgan fingerprint density at radius 3 is 2.32 bits per heavy atom. The topological polar surface area (TPSA) is 154 Å². The Balaban J connectivity index is 1.92. The van der Waals surface area contributed by atoms with Crippen LogP contribution in [-0.4, -0.2) is 68.0 Å². The molecule has 2 aromatic carbocycles. The van der Waals surface area contributed by atoms with Gasteiger partial charge < -0.3 is 35.0 Å². The number of phenols is 2. The van der Waals surface area contributed by atoms with E-state index >= 15 is 0 Å². The Morgan fingerprint density at radius 2 is 1.65 bits per heavy atom. The monoisotopic (exact) mass is 430 g/mol. The maximum absolute atomic E-state index is 13.1. The summed E-state index contributed by atoms with van der Waals surface area (Å²) in [5, 5.41) is 52.2. The van der Waals surface area contributed by atoms with E-state index in [1.165, 1.54) is 18.2 Å². The van der Waals surface area contributed by atoms with Crippen molar-refractivity contribution >= 4 is 11.8 Å². The highest BCUT2D eigenvalue weighted by atomic mass is 16.7. The second kappa shape index (κ2) is 7.61. The molecule has 0 aromatic heterocycles. The van der Waals surface area contributed by atoms with Crippen LogP contribution >= 0.6 is 0 Å². The van der Waals surface area contributed by atoms with Gasteiger partial charge in [-0.1, -0.05) is 18.2 Å². The minimum Gasteiger partial charge on any atom is -0.507 e. The fourth-order valence-electron chi connectivity index (χ4n) is 4.41. The minimum atomic E-state index is -1.72. The van der Waals surface area contributed by atoms with Gasteiger partial charge in [-0.05, 0) is 35.7 Å². The van der Waals surface area contributed by atoms with Gasteiger partial charge in [0.05, 0.1) is 11.1 Å². The van der Waals surface area contributed by atoms with Crippen molar-refractivity contribution in [3.05, 3.63) is 58.1 Å². The van der Waals surface area contributed by atoms with E-state index in [1.807, 2.05) is 0 Å². The molecule has 4 rings (SSSR count). The first kappa shape index (κ1) is 21.3. The van der Waals surface area contributed by atoms with Gasteiger partial charge in [-0.3, -0.25) is 9.59 Å². The molecular formula is C22H22O9. The smallest absolute Gasteiger partial charge is 0.305 e. The average molecular weight is 430 g/mol. The zero-order chi connectivity index (χ0) is 22.6. The van der Waals surface area contributed by atoms with E-state index in [1.54, 1.807) is 19.1 Å². The first-order valence-corrected chi connectivity index (χ1v) is 9.68. The molecule has 6 atom stereocenters. The number of hydrogen-bond acceptors (Lipinski definition) is 9. The predicted molar refractivity (Wildman–Crippen MR) is 105 cm³/mol. The fraction of sp³-hybridized carbons (Fsp3) is 0.364. The van der Waals surface area contributed by atoms with Crippen LogP contribution in [0.3, 0.4) is 0 Å². The van der Waals surface area contributed by atoms with Crippen molar-refractivity contribution in [3.8, 4) is 11.5 Å². The van der Waals surface area contributed by atoms with Crippen molar-refractivity contribution in [2.75, 3.05) is 0 Å². The Morgan fingerprint density at radius 1 is 0.968 bits per heavy atom. The zero-order valence-corrected chi connectivity index (χ0v) is 16.7. The molecule has 0 amide bonds. The predicted octanol–water partition coefficient (Wildman–Crippen LogP) is 0.453. The first-order chi connectivity index (χ1) is 14.6. The molecule has 2 aliphatic rings. The lowest BCUT2D eigenvalue weighted by molar-refractivity contribution is -0.289. The Bertz CT molecular complexity index is 1060. The summed E-state index contributed by atoms with van der Waals surface area (Å²) in [6.07, 6.45) is -7.90. The zero-order valence-electron chi connectivity index (χ0n) is 16.7. The standard InChI is InChI=1S/C22H22O9/c1-8-6-11-14(21-19(28)18(27)20(29)22(31-21)30-9(2)23)10-4-3-5-12(24)15(10)17(26)16(11)13(25)7-8/h3-7,14,18-22,24-25,27-29H,1-2H3/t14-,18?,19?,20?,21?,22?/m0/s1. The summed E-state index contributed by atoms with van der Waals surface area (Å²) in [4.78, 5) is 24.5. The molecule has 1 heterocycles. The van der Waals surface area contributed by atoms with Gasteiger partial charge >= 0.3 is 5.97 Å². The molecule has 1 aliphatic heterocycles. The first-order valence-electron chi connectivity index (χ1n) is 9.68. The van der Waals surface area contributed by atoms with Crippen LogP contribution in [0.2, 0.25) is 0 Å². The number of aliphatic hydroxyl groups is 3. The third kappa shape index (κ3) is 3.35. The van der Waals surface area contributed by atoms with E-state index in [0.29, 0.717) is 16.7 Å². The lowest BCUT2D eigenvalue weighted by Gasteiger charge is -2.44. The third-order valence-corrected chi connectivity index (χ3v) is 5.71. The molecule has 5 N–H and O–H groups in total. The molecule has 5 unspecified atom stereocenters. The van der Waals surface area contributed by atoms with Gasteiger partial charge in [0.1, 0.15) is 35.9 Å². The number of ether oxygens (including phenoxy) is 2. The number of aliphatic hydroxyl groups excluding tert-OH is 3. The second-order valence-corrected chi connectivity index (χ2v) is 7.85. The number of aryl methyl sites for hydroxylation is 1. The van der Waals surface area contributed by atoms with E-state index < -0.39 is 48.4 Å². The average Bonchev–Trinajstić information content (AvgIpc) is 2.68. The van der Waals surface area contributed by atoms with Crippen molar-refractivity contribution in [2.45, 2.75) is 50.5 Å². The molecule has 0 bridgehead atoms. The van der Waals surface area contributed by atoms with Crippen LogP contribution in [0.5, 0.6) is 11.5 Å². The highest BCUT2D eigenvalue weighted by Gasteiger charge is 2.51. The lowest BCUT2D eigenvalue weighted by Crippen LogP contribution is -2.60. The summed E-state index contributed by atoms with van der Waals surface area (Å²) in [6.45, 7) is 2.81. The largest absolute Gasteiger partial charge is 0.507 e. The summed E-state index contributed by atoms with van der Waals surface area (Å²) in [5.41, 5.74) is 1.11. The number of phenolic OH excluding ortho intramolecular Hbond substituents is 2. The summed E-state index contributed by atoms with van der Waals surface area (Å²) in [5.74, 6) is -2.92. The van der Waals surface area contributed by atoms with Crippen LogP contribution in [0.1, 0.15) is 45.5 Å². The van der Waals surface area contributed by atoms with Crippen molar-refractivity contribution < 1.29 is 44.6 Å². The van der Waals surface area contributed by atoms with Gasteiger partial charge in [-0.25, -0.2) is 0 Å². The highest BCUT2D eigenvalue weighted by molar-refractivity contribution is 6.16. The lowest BCUT2D eigenvalue weighted by atomic mass is 9.71. The van der Waals surface area contributed by atoms with Crippen molar-refractivity contribution in [3.63, 3.8) is 0 Å². The van der Waals surface area contributed by atoms with E-state index in [9.17, 15) is 35.1 Å². The van der Waals surface area contributed by atoms with Crippen LogP contribution in [-0.2, 0) is 14.3 Å². The number of rotatable bonds is 2. The van der Waals surface area contributed by atoms with Gasteiger partial charge in [-0.2, -0.15) is 0 Å². The number of hydrogen-bond donors (Lipinski definition) is 5. The summed E-state index contributed by atoms with van der Waals surface area (Å²) >= 11 is 0. The fourth-order valence-corrected chi connectivity index (χ4v) is 4.41. The van der Waals surface area contributed by atoms with Crippen molar-refractivity contribution in [2.24, 2.45) is 0 Å². The Hall–Kier alpha value is -2.98. The van der Waals surface area contributed by atoms with Gasteiger partial charge in [0.2, 0.25) is 12.1 Å². The molecule has 1 fully saturated rings. The van der Waals surface area contributed by atoms with Crippen LogP contribution in [0.4, 0.5) is 0 Å². The summed E-state index contributed by atoms with van der Waals surface area (Å²) < 4.78 is 10.7. The van der Waals surface area contributed by atoms with Crippen molar-refractivity contribution in [1.29, 1.82) is 0 Å². The molecule has 0 radical (unpaired) electrons. The van der Waals surface area contributed by atoms with Gasteiger partial charge in [0, 0.05) is 12.8 Å². The molecule has 31 heavy (non-hydrogen) atoms. The summed E-state index contributed by atoms with van der Waals surface area (Å²) in [6, 6.07) is 7.44. The van der Waals surface area contributed by atoms with Gasteiger partial charge in [-0.15, -0.1) is 0 Å². The SMILES string of the molecule is CC(=O)OC1OC([C@H]2c3cccc(O)c3C(=O)c3c(O)cc(C)cc32)C(O)C(O)C1O. The van der Waals surface area contributed by atoms with Crippen LogP contribution in [0, 0.1) is 6.92 Å². The molecule has 2 aromatic rings. The Kier molecular flexibility index (Phi) is 5.22. The number of carbonyl (C=O) groups is 2. The van der Waals surface area contributed by atoms with Gasteiger partial charge in [0.25, 0.3) is 0 Å². The van der Waals surface area contributed by atoms with Crippen LogP contribution in [0.15, 0.2) is 30.3 Å². The molecule has 1 saturated heterocycles. The number of fused-ring (bicyclic) bond motifs is 2.